The fourth-order valence-corrected chi connectivity index (χ4v) is 6.54. The minimum absolute atomic E-state index is 0. The van der Waals surface area contributed by atoms with Gasteiger partial charge in [-0.25, -0.2) is 9.31 Å². The summed E-state index contributed by atoms with van der Waals surface area (Å²) in [7, 11) is 0. The molecule has 230 valence electrons. The quantitative estimate of drug-likeness (QED) is 0.218. The average molecular weight is 636 g/mol. The van der Waals surface area contributed by atoms with E-state index in [1.165, 1.54) is 0 Å². The van der Waals surface area contributed by atoms with E-state index in [0.29, 0.717) is 18.9 Å². The van der Waals surface area contributed by atoms with Crippen LogP contribution >= 0.6 is 0 Å². The minimum atomic E-state index is -0.611. The predicted molar refractivity (Wildman–Crippen MR) is 173 cm³/mol. The maximum absolute atomic E-state index is 14.3. The number of ether oxygens (including phenoxy) is 1. The molecule has 0 atom stereocenters. The molecule has 0 spiro atoms. The number of fused-ring (bicyclic) bond motifs is 1. The van der Waals surface area contributed by atoms with E-state index >= 15 is 0 Å². The Morgan fingerprint density at radius 1 is 1.02 bits per heavy atom. The van der Waals surface area contributed by atoms with E-state index < -0.39 is 11.4 Å². The number of hydrogen-bond donors (Lipinski definition) is 2. The molecule has 0 saturated heterocycles. The van der Waals surface area contributed by atoms with Crippen LogP contribution in [0, 0.1) is 0 Å². The first-order chi connectivity index (χ1) is 21.4. The van der Waals surface area contributed by atoms with Gasteiger partial charge in [-0.2, -0.15) is 5.10 Å². The Labute approximate surface area is 303 Å². The number of aromatic amines is 1. The number of benzene rings is 2. The van der Waals surface area contributed by atoms with Crippen molar-refractivity contribution in [3.05, 3.63) is 98.5 Å². The zero-order valence-electron chi connectivity index (χ0n) is 24.9. The molecule has 45 heavy (non-hydrogen) atoms. The van der Waals surface area contributed by atoms with Crippen LogP contribution in [0.5, 0.6) is 0 Å². The van der Waals surface area contributed by atoms with Gasteiger partial charge in [-0.05, 0) is 61.6 Å². The summed E-state index contributed by atoms with van der Waals surface area (Å²) in [4.78, 5) is 28.5. The second-order valence-electron chi connectivity index (χ2n) is 12.3. The number of aromatic nitrogens is 5. The van der Waals surface area contributed by atoms with E-state index in [1.54, 1.807) is 6.20 Å². The van der Waals surface area contributed by atoms with Crippen LogP contribution in [0.2, 0.25) is 0 Å². The fraction of sp³-hybridized carbons (Fsp3) is 0.412. The zero-order valence-corrected chi connectivity index (χ0v) is 24.9. The van der Waals surface area contributed by atoms with Crippen LogP contribution in [0.3, 0.4) is 0 Å². The van der Waals surface area contributed by atoms with E-state index in [0.717, 1.165) is 90.5 Å². The molecular weight excluding hydrogens is 598 g/mol. The molecule has 2 aromatic carbocycles. The van der Waals surface area contributed by atoms with Crippen molar-refractivity contribution >= 4 is 57.0 Å². The van der Waals surface area contributed by atoms with Gasteiger partial charge >= 0.3 is 57.1 Å². The molecule has 0 aliphatic heterocycles. The maximum atomic E-state index is 14.3. The number of nitrogens with one attached hydrogen (secondary N) is 1. The molecule has 3 aromatic heterocycles. The molecule has 11 heteroatoms. The number of hydrogen-bond acceptors (Lipinski definition) is 7. The van der Waals surface area contributed by atoms with Crippen LogP contribution in [-0.4, -0.2) is 99.1 Å². The third-order valence-corrected chi connectivity index (χ3v) is 9.13. The van der Waals surface area contributed by atoms with E-state index in [-0.39, 0.29) is 69.1 Å². The van der Waals surface area contributed by atoms with Gasteiger partial charge in [-0.15, -0.1) is 0 Å². The van der Waals surface area contributed by atoms with Crippen molar-refractivity contribution in [3.63, 3.8) is 0 Å². The second-order valence-corrected chi connectivity index (χ2v) is 12.3. The third-order valence-electron chi connectivity index (χ3n) is 9.13. The molecule has 2 fully saturated rings. The van der Waals surface area contributed by atoms with Crippen molar-refractivity contribution in [1.82, 2.24) is 24.3 Å². The summed E-state index contributed by atoms with van der Waals surface area (Å²) in [6.07, 6.45) is 9.15. The Balaban J connectivity index is 0.00000357. The van der Waals surface area contributed by atoms with Gasteiger partial charge in [-0.3, -0.25) is 18.9 Å². The molecule has 5 aromatic rings. The van der Waals surface area contributed by atoms with Crippen LogP contribution in [0.1, 0.15) is 74.7 Å². The Hall–Kier alpha value is -2.64. The molecule has 0 amide bonds. The van der Waals surface area contributed by atoms with Crippen molar-refractivity contribution < 1.29 is 14.4 Å². The summed E-state index contributed by atoms with van der Waals surface area (Å²) >= 11 is 0. The van der Waals surface area contributed by atoms with Gasteiger partial charge in [0, 0.05) is 29.7 Å². The molecule has 3 heterocycles. The molecule has 0 unspecified atom stereocenters. The number of aliphatic hydroxyl groups is 1. The molecule has 2 N–H and O–H groups in total. The predicted octanol–water partition coefficient (Wildman–Crippen LogP) is 4.43. The Morgan fingerprint density at radius 2 is 1.76 bits per heavy atom. The Kier molecular flexibility index (Phi) is 9.77. The fourth-order valence-electron chi connectivity index (χ4n) is 6.54. The summed E-state index contributed by atoms with van der Waals surface area (Å²) in [6.45, 7) is 2.54. The van der Waals surface area contributed by atoms with Gasteiger partial charge in [-0.1, -0.05) is 67.0 Å². The first-order valence-electron chi connectivity index (χ1n) is 15.6. The molecule has 0 bridgehead atoms. The molecule has 0 radical (unpaired) electrons. The molecule has 2 aliphatic rings. The van der Waals surface area contributed by atoms with E-state index in [1.807, 2.05) is 51.5 Å². The van der Waals surface area contributed by atoms with E-state index in [4.69, 9.17) is 9.26 Å². The summed E-state index contributed by atoms with van der Waals surface area (Å²) < 4.78 is 14.7. The van der Waals surface area contributed by atoms with Gasteiger partial charge in [0.15, 0.2) is 5.82 Å². The van der Waals surface area contributed by atoms with Crippen LogP contribution < -0.4 is 11.3 Å². The normalized spacial score (nSPS) is 19.0. The summed E-state index contributed by atoms with van der Waals surface area (Å²) in [5, 5.41) is 18.7. The summed E-state index contributed by atoms with van der Waals surface area (Å²) in [5.41, 5.74) is 5.73. The summed E-state index contributed by atoms with van der Waals surface area (Å²) in [6, 6.07) is 17.9. The van der Waals surface area contributed by atoms with Crippen LogP contribution in [-0.2, 0) is 17.6 Å². The van der Waals surface area contributed by atoms with Crippen LogP contribution in [0.4, 0.5) is 0 Å². The number of nitrogens with zero attached hydrogens (tertiary/aromatic N) is 4. The van der Waals surface area contributed by atoms with Gasteiger partial charge in [0.05, 0.1) is 30.2 Å². The summed E-state index contributed by atoms with van der Waals surface area (Å²) in [5.74, 6) is -0.213. The average Bonchev–Trinajstić information content (AvgIpc) is 3.37. The molecule has 2 saturated carbocycles. The van der Waals surface area contributed by atoms with Crippen molar-refractivity contribution in [1.29, 1.82) is 0 Å². The molecule has 7 rings (SSSR count). The van der Waals surface area contributed by atoms with Gasteiger partial charge in [0.2, 0.25) is 0 Å². The van der Waals surface area contributed by atoms with Crippen molar-refractivity contribution in [3.8, 4) is 22.5 Å². The number of rotatable bonds is 10. The van der Waals surface area contributed by atoms with Crippen LogP contribution in [0.25, 0.3) is 28.2 Å². The second kappa shape index (κ2) is 13.6. The molecule has 2 aliphatic carbocycles. The monoisotopic (exact) mass is 635 g/mol. The topological polar surface area (TPSA) is 128 Å². The van der Waals surface area contributed by atoms with Crippen molar-refractivity contribution in [2.24, 2.45) is 0 Å². The molecular formula is C34H38KN5O5. The zero-order chi connectivity index (χ0) is 30.3. The third kappa shape index (κ3) is 6.76. The van der Waals surface area contributed by atoms with Gasteiger partial charge in [0.25, 0.3) is 5.56 Å². The standard InChI is InChI=1S/C34H37N5O5.K.H/c1-2-5-29-28(20-22-8-10-23(11-9-22)26-6-3-4-7-27(26)31-36-33(41)44-37-31)32(40)38(30-16-19-35-39(29)30)24-12-14-25(15-13-24)43-21-34(42)17-18-34;;/h3-4,6-11,16,19,24-25,42H,2,5,12-15,17-18,20-21H2,1H3,(H,36,37,41);;/t24-,25-;;. The van der Waals surface area contributed by atoms with Crippen LogP contribution in [0.15, 0.2) is 74.9 Å². The Bertz CT molecular complexity index is 1890. The van der Waals surface area contributed by atoms with Crippen molar-refractivity contribution in [2.75, 3.05) is 6.61 Å². The van der Waals surface area contributed by atoms with E-state index in [2.05, 4.69) is 34.3 Å². The molecule has 10 nitrogen and oxygen atoms in total. The van der Waals surface area contributed by atoms with Gasteiger partial charge in [0.1, 0.15) is 5.65 Å². The number of H-pyrrole nitrogens is 1. The SMILES string of the molecule is CCCc1c(Cc2ccc(-c3ccccc3-c3noc(=O)[nH]3)cc2)c(=O)n([C@H]2CC[C@H](OCC3(O)CC3)CC2)c2ccnn12.[KH]. The first kappa shape index (κ1) is 32.3. The number of aryl methyl sites for hydroxylation is 1. The Morgan fingerprint density at radius 3 is 2.42 bits per heavy atom. The van der Waals surface area contributed by atoms with Gasteiger partial charge < -0.3 is 9.84 Å². The first-order valence-corrected chi connectivity index (χ1v) is 15.6. The van der Waals surface area contributed by atoms with E-state index in [9.17, 15) is 14.7 Å². The van der Waals surface area contributed by atoms with Crippen molar-refractivity contribution in [2.45, 2.75) is 82.5 Å².